The van der Waals surface area contributed by atoms with E-state index in [0.717, 1.165) is 0 Å². The molecule has 7 heteroatoms. The van der Waals surface area contributed by atoms with Gasteiger partial charge < -0.3 is 11.1 Å². The van der Waals surface area contributed by atoms with Crippen molar-refractivity contribution >= 4 is 5.91 Å². The van der Waals surface area contributed by atoms with Crippen LogP contribution < -0.4 is 11.1 Å². The Labute approximate surface area is 111 Å². The maximum Gasteiger partial charge on any atom is 0.401 e. The normalized spacial score (nSPS) is 22.5. The van der Waals surface area contributed by atoms with E-state index in [-0.39, 0.29) is 17.7 Å². The zero-order valence-electron chi connectivity index (χ0n) is 11.2. The molecule has 1 amide bonds. The molecule has 0 aliphatic carbocycles. The van der Waals surface area contributed by atoms with Crippen LogP contribution in [0.15, 0.2) is 0 Å². The van der Waals surface area contributed by atoms with Crippen LogP contribution in [0, 0.1) is 11.8 Å². The van der Waals surface area contributed by atoms with Gasteiger partial charge in [-0.3, -0.25) is 9.69 Å². The van der Waals surface area contributed by atoms with Crippen molar-refractivity contribution in [1.29, 1.82) is 0 Å². The molecule has 1 heterocycles. The van der Waals surface area contributed by atoms with E-state index < -0.39 is 12.7 Å². The van der Waals surface area contributed by atoms with Gasteiger partial charge in [-0.2, -0.15) is 13.2 Å². The van der Waals surface area contributed by atoms with Crippen LogP contribution in [0.3, 0.4) is 0 Å². The van der Waals surface area contributed by atoms with Crippen LogP contribution in [0.25, 0.3) is 0 Å². The molecule has 112 valence electrons. The number of alkyl halides is 3. The predicted molar refractivity (Wildman–Crippen MR) is 66.4 cm³/mol. The smallest absolute Gasteiger partial charge is 0.355 e. The molecule has 19 heavy (non-hydrogen) atoms. The number of halogens is 3. The molecule has 1 saturated heterocycles. The lowest BCUT2D eigenvalue weighted by atomic mass is 10.1. The first-order chi connectivity index (χ1) is 8.85. The van der Waals surface area contributed by atoms with Gasteiger partial charge >= 0.3 is 6.18 Å². The number of nitrogens with one attached hydrogen (secondary N) is 1. The minimum absolute atomic E-state index is 0.0979. The van der Waals surface area contributed by atoms with Crippen molar-refractivity contribution in [3.8, 4) is 0 Å². The van der Waals surface area contributed by atoms with Crippen LogP contribution in [-0.4, -0.2) is 49.7 Å². The molecular weight excluding hydrogens is 259 g/mol. The van der Waals surface area contributed by atoms with Gasteiger partial charge in [0.25, 0.3) is 0 Å². The summed E-state index contributed by atoms with van der Waals surface area (Å²) >= 11 is 0. The third-order valence-corrected chi connectivity index (χ3v) is 3.49. The van der Waals surface area contributed by atoms with Crippen LogP contribution in [-0.2, 0) is 4.79 Å². The standard InChI is InChI=1S/C12H22F3N3O/c1-2-10(5-16)11(19)17-6-9-3-4-18(7-9)8-12(13,14)15/h9-10H,2-8,16H2,1H3,(H,17,19). The third-order valence-electron chi connectivity index (χ3n) is 3.49. The van der Waals surface area contributed by atoms with Crippen LogP contribution in [0.2, 0.25) is 0 Å². The molecule has 0 bridgehead atoms. The molecule has 0 aromatic rings. The second kappa shape index (κ2) is 7.09. The molecular formula is C12H22F3N3O. The summed E-state index contributed by atoms with van der Waals surface area (Å²) in [6, 6.07) is 0. The number of rotatable bonds is 6. The van der Waals surface area contributed by atoms with Gasteiger partial charge in [0.05, 0.1) is 6.54 Å². The number of carbonyl (C=O) groups excluding carboxylic acids is 1. The number of nitrogens with two attached hydrogens (primary N) is 1. The Morgan fingerprint density at radius 3 is 2.74 bits per heavy atom. The van der Waals surface area contributed by atoms with E-state index in [1.54, 1.807) is 0 Å². The van der Waals surface area contributed by atoms with Gasteiger partial charge in [-0.05, 0) is 25.3 Å². The van der Waals surface area contributed by atoms with Crippen LogP contribution >= 0.6 is 0 Å². The van der Waals surface area contributed by atoms with E-state index in [2.05, 4.69) is 5.32 Å². The molecule has 1 rings (SSSR count). The maximum atomic E-state index is 12.2. The third kappa shape index (κ3) is 5.78. The van der Waals surface area contributed by atoms with Crippen molar-refractivity contribution in [3.05, 3.63) is 0 Å². The van der Waals surface area contributed by atoms with Crippen molar-refractivity contribution in [2.75, 3.05) is 32.7 Å². The fourth-order valence-corrected chi connectivity index (χ4v) is 2.33. The van der Waals surface area contributed by atoms with Crippen molar-refractivity contribution < 1.29 is 18.0 Å². The first-order valence-electron chi connectivity index (χ1n) is 6.62. The summed E-state index contributed by atoms with van der Waals surface area (Å²) in [5, 5.41) is 2.78. The van der Waals surface area contributed by atoms with Gasteiger partial charge in [0.1, 0.15) is 0 Å². The van der Waals surface area contributed by atoms with Crippen LogP contribution in [0.4, 0.5) is 13.2 Å². The number of hydrogen-bond acceptors (Lipinski definition) is 3. The molecule has 1 aliphatic rings. The number of amides is 1. The Morgan fingerprint density at radius 2 is 2.21 bits per heavy atom. The monoisotopic (exact) mass is 281 g/mol. The summed E-state index contributed by atoms with van der Waals surface area (Å²) in [5.41, 5.74) is 5.47. The summed E-state index contributed by atoms with van der Waals surface area (Å²) < 4.78 is 36.7. The van der Waals surface area contributed by atoms with E-state index in [4.69, 9.17) is 5.73 Å². The number of nitrogens with zero attached hydrogens (tertiary/aromatic N) is 1. The minimum atomic E-state index is -4.15. The molecule has 3 N–H and O–H groups in total. The molecule has 0 spiro atoms. The van der Waals surface area contributed by atoms with Gasteiger partial charge in [-0.25, -0.2) is 0 Å². The SMILES string of the molecule is CCC(CN)C(=O)NCC1CCN(CC(F)(F)F)C1. The molecule has 0 saturated carbocycles. The summed E-state index contributed by atoms with van der Waals surface area (Å²) in [7, 11) is 0. The van der Waals surface area contributed by atoms with Crippen molar-refractivity contribution in [1.82, 2.24) is 10.2 Å². The summed E-state index contributed by atoms with van der Waals surface area (Å²) in [6.07, 6.45) is -2.78. The predicted octanol–water partition coefficient (Wildman–Crippen LogP) is 0.972. The summed E-state index contributed by atoms with van der Waals surface area (Å²) in [5.74, 6) is -0.200. The van der Waals surface area contributed by atoms with E-state index >= 15 is 0 Å². The van der Waals surface area contributed by atoms with Crippen molar-refractivity contribution in [2.45, 2.75) is 25.9 Å². The molecule has 2 unspecified atom stereocenters. The van der Waals surface area contributed by atoms with Gasteiger partial charge in [0, 0.05) is 25.6 Å². The number of hydrogen-bond donors (Lipinski definition) is 2. The number of likely N-dealkylation sites (tertiary alicyclic amines) is 1. The maximum absolute atomic E-state index is 12.2. The summed E-state index contributed by atoms with van der Waals surface area (Å²) in [4.78, 5) is 13.1. The average Bonchev–Trinajstić information content (AvgIpc) is 2.73. The quantitative estimate of drug-likeness (QED) is 0.763. The van der Waals surface area contributed by atoms with E-state index in [9.17, 15) is 18.0 Å². The highest BCUT2D eigenvalue weighted by Crippen LogP contribution is 2.22. The Balaban J connectivity index is 2.27. The van der Waals surface area contributed by atoms with Crippen molar-refractivity contribution in [3.63, 3.8) is 0 Å². The lowest BCUT2D eigenvalue weighted by molar-refractivity contribution is -0.143. The molecule has 1 aliphatic heterocycles. The number of carbonyl (C=O) groups is 1. The molecule has 0 radical (unpaired) electrons. The Morgan fingerprint density at radius 1 is 1.53 bits per heavy atom. The zero-order valence-corrected chi connectivity index (χ0v) is 11.2. The molecule has 4 nitrogen and oxygen atoms in total. The first-order valence-corrected chi connectivity index (χ1v) is 6.62. The van der Waals surface area contributed by atoms with Gasteiger partial charge in [-0.1, -0.05) is 6.92 Å². The average molecular weight is 281 g/mol. The second-order valence-corrected chi connectivity index (χ2v) is 5.09. The minimum Gasteiger partial charge on any atom is -0.355 e. The highest BCUT2D eigenvalue weighted by Gasteiger charge is 2.34. The largest absolute Gasteiger partial charge is 0.401 e. The lowest BCUT2D eigenvalue weighted by Crippen LogP contribution is -2.38. The molecule has 2 atom stereocenters. The van der Waals surface area contributed by atoms with E-state index in [0.29, 0.717) is 39.0 Å². The molecule has 0 aromatic carbocycles. The lowest BCUT2D eigenvalue weighted by Gasteiger charge is -2.18. The van der Waals surface area contributed by atoms with E-state index in [1.807, 2.05) is 6.92 Å². The highest BCUT2D eigenvalue weighted by atomic mass is 19.4. The first kappa shape index (κ1) is 16.2. The van der Waals surface area contributed by atoms with Gasteiger partial charge in [0.2, 0.25) is 5.91 Å². The second-order valence-electron chi connectivity index (χ2n) is 5.09. The molecule has 1 fully saturated rings. The zero-order chi connectivity index (χ0) is 14.5. The fourth-order valence-electron chi connectivity index (χ4n) is 2.33. The summed E-state index contributed by atoms with van der Waals surface area (Å²) in [6.45, 7) is 2.58. The van der Waals surface area contributed by atoms with Crippen LogP contribution in [0.5, 0.6) is 0 Å². The van der Waals surface area contributed by atoms with Crippen LogP contribution in [0.1, 0.15) is 19.8 Å². The Hall–Kier alpha value is -0.820. The Bertz CT molecular complexity index is 292. The van der Waals surface area contributed by atoms with Crippen molar-refractivity contribution in [2.24, 2.45) is 17.6 Å². The van der Waals surface area contributed by atoms with Gasteiger partial charge in [0.15, 0.2) is 0 Å². The van der Waals surface area contributed by atoms with Gasteiger partial charge in [-0.15, -0.1) is 0 Å². The topological polar surface area (TPSA) is 58.4 Å². The van der Waals surface area contributed by atoms with E-state index in [1.165, 1.54) is 4.90 Å². The fraction of sp³-hybridized carbons (Fsp3) is 0.917. The molecule has 0 aromatic heterocycles. The highest BCUT2D eigenvalue weighted by molar-refractivity contribution is 5.78. The Kier molecular flexibility index (Phi) is 6.06.